The van der Waals surface area contributed by atoms with Gasteiger partial charge in [0.05, 0.1) is 5.69 Å². The predicted octanol–water partition coefficient (Wildman–Crippen LogP) is 4.56. The van der Waals surface area contributed by atoms with Gasteiger partial charge in [-0.25, -0.2) is 4.39 Å². The Balaban J connectivity index is 1.76. The van der Waals surface area contributed by atoms with Crippen LogP contribution in [-0.2, 0) is 12.8 Å². The number of halogens is 2. The van der Waals surface area contributed by atoms with Crippen molar-refractivity contribution in [3.63, 3.8) is 0 Å². The third-order valence-electron chi connectivity index (χ3n) is 3.63. The molecule has 0 radical (unpaired) electrons. The van der Waals surface area contributed by atoms with Gasteiger partial charge in [0.2, 0.25) is 0 Å². The summed E-state index contributed by atoms with van der Waals surface area (Å²) < 4.78 is 14.8. The minimum atomic E-state index is -0.177. The lowest BCUT2D eigenvalue weighted by Gasteiger charge is -2.26. The molecule has 1 aliphatic carbocycles. The third kappa shape index (κ3) is 2.81. The van der Waals surface area contributed by atoms with Crippen molar-refractivity contribution >= 4 is 21.6 Å². The molecule has 1 N–H and O–H groups in total. The van der Waals surface area contributed by atoms with Crippen LogP contribution in [0.5, 0.6) is 0 Å². The minimum absolute atomic E-state index is 0.177. The van der Waals surface area contributed by atoms with E-state index in [2.05, 4.69) is 39.4 Å². The Morgan fingerprint density at radius 2 is 1.95 bits per heavy atom. The maximum Gasteiger partial charge on any atom is 0.146 e. The predicted molar refractivity (Wildman–Crippen MR) is 80.0 cm³/mol. The summed E-state index contributed by atoms with van der Waals surface area (Å²) in [4.78, 5) is 0. The van der Waals surface area contributed by atoms with E-state index in [-0.39, 0.29) is 5.82 Å². The van der Waals surface area contributed by atoms with Crippen molar-refractivity contribution in [2.24, 2.45) is 0 Å². The summed E-state index contributed by atoms with van der Waals surface area (Å²) in [5.41, 5.74) is 3.37. The molecule has 2 aromatic rings. The number of anilines is 1. The number of para-hydroxylation sites is 1. The third-order valence-corrected chi connectivity index (χ3v) is 4.12. The van der Waals surface area contributed by atoms with Crippen molar-refractivity contribution in [1.82, 2.24) is 0 Å². The molecule has 0 bridgehead atoms. The fourth-order valence-electron chi connectivity index (χ4n) is 2.64. The Morgan fingerprint density at radius 3 is 2.79 bits per heavy atom. The molecule has 1 aliphatic rings. The van der Waals surface area contributed by atoms with Crippen molar-refractivity contribution in [3.8, 4) is 0 Å². The maximum atomic E-state index is 13.6. The highest BCUT2D eigenvalue weighted by Gasteiger charge is 2.19. The quantitative estimate of drug-likeness (QED) is 0.855. The van der Waals surface area contributed by atoms with Crippen molar-refractivity contribution in [2.75, 3.05) is 5.32 Å². The van der Waals surface area contributed by atoms with E-state index in [1.54, 1.807) is 12.1 Å². The number of aryl methyl sites for hydroxylation is 1. The summed E-state index contributed by atoms with van der Waals surface area (Å²) in [6.45, 7) is 0. The molecule has 19 heavy (non-hydrogen) atoms. The first kappa shape index (κ1) is 12.7. The van der Waals surface area contributed by atoms with Crippen LogP contribution >= 0.6 is 15.9 Å². The van der Waals surface area contributed by atoms with Crippen LogP contribution in [0.3, 0.4) is 0 Å². The van der Waals surface area contributed by atoms with Gasteiger partial charge in [0.1, 0.15) is 5.82 Å². The second kappa shape index (κ2) is 5.33. The molecule has 0 saturated carbocycles. The molecular weight excluding hydrogens is 305 g/mol. The van der Waals surface area contributed by atoms with Gasteiger partial charge in [-0.2, -0.15) is 0 Å². The first-order valence-electron chi connectivity index (χ1n) is 6.51. The van der Waals surface area contributed by atoms with E-state index in [9.17, 15) is 4.39 Å². The second-order valence-corrected chi connectivity index (χ2v) is 5.89. The lowest BCUT2D eigenvalue weighted by Crippen LogP contribution is -2.27. The van der Waals surface area contributed by atoms with Gasteiger partial charge in [0.25, 0.3) is 0 Å². The van der Waals surface area contributed by atoms with Crippen LogP contribution in [0, 0.1) is 5.82 Å². The summed E-state index contributed by atoms with van der Waals surface area (Å²) in [6.07, 6.45) is 3.04. The molecule has 0 aliphatic heterocycles. The van der Waals surface area contributed by atoms with Gasteiger partial charge in [-0.15, -0.1) is 0 Å². The van der Waals surface area contributed by atoms with Crippen LogP contribution in [0.2, 0.25) is 0 Å². The van der Waals surface area contributed by atoms with Crippen LogP contribution in [-0.4, -0.2) is 6.04 Å². The summed E-state index contributed by atoms with van der Waals surface area (Å²) in [7, 11) is 0. The van der Waals surface area contributed by atoms with E-state index < -0.39 is 0 Å². The van der Waals surface area contributed by atoms with Crippen LogP contribution in [0.4, 0.5) is 10.1 Å². The van der Waals surface area contributed by atoms with Crippen LogP contribution in [0.25, 0.3) is 0 Å². The zero-order chi connectivity index (χ0) is 13.2. The fourth-order valence-corrected chi connectivity index (χ4v) is 3.05. The Bertz CT molecular complexity index is 597. The van der Waals surface area contributed by atoms with E-state index in [0.29, 0.717) is 11.7 Å². The van der Waals surface area contributed by atoms with Crippen LogP contribution < -0.4 is 5.32 Å². The lowest BCUT2D eigenvalue weighted by molar-refractivity contribution is 0.592. The molecule has 0 fully saturated rings. The van der Waals surface area contributed by atoms with Crippen molar-refractivity contribution < 1.29 is 4.39 Å². The van der Waals surface area contributed by atoms with Gasteiger partial charge in [-0.05, 0) is 54.7 Å². The molecule has 1 unspecified atom stereocenters. The SMILES string of the molecule is Fc1ccccc1NC1CCc2cc(Br)ccc2C1. The zero-order valence-corrected chi connectivity index (χ0v) is 12.1. The highest BCUT2D eigenvalue weighted by Crippen LogP contribution is 2.27. The monoisotopic (exact) mass is 319 g/mol. The minimum Gasteiger partial charge on any atom is -0.380 e. The Kier molecular flexibility index (Phi) is 3.56. The largest absolute Gasteiger partial charge is 0.380 e. The molecular formula is C16H15BrFN. The van der Waals surface area contributed by atoms with Crippen molar-refractivity contribution in [2.45, 2.75) is 25.3 Å². The molecule has 0 amide bonds. The molecule has 3 heteroatoms. The number of hydrogen-bond acceptors (Lipinski definition) is 1. The number of nitrogens with one attached hydrogen (secondary N) is 1. The van der Waals surface area contributed by atoms with Gasteiger partial charge < -0.3 is 5.32 Å². The van der Waals surface area contributed by atoms with Gasteiger partial charge in [-0.3, -0.25) is 0 Å². The number of benzene rings is 2. The number of hydrogen-bond donors (Lipinski definition) is 1. The van der Waals surface area contributed by atoms with Crippen LogP contribution in [0.15, 0.2) is 46.9 Å². The first-order chi connectivity index (χ1) is 9.22. The smallest absolute Gasteiger partial charge is 0.146 e. The molecule has 2 aromatic carbocycles. The van der Waals surface area contributed by atoms with Gasteiger partial charge in [0.15, 0.2) is 0 Å². The van der Waals surface area contributed by atoms with Gasteiger partial charge in [-0.1, -0.05) is 34.1 Å². The Morgan fingerprint density at radius 1 is 1.11 bits per heavy atom. The topological polar surface area (TPSA) is 12.0 Å². The molecule has 98 valence electrons. The first-order valence-corrected chi connectivity index (χ1v) is 7.30. The second-order valence-electron chi connectivity index (χ2n) is 4.98. The highest BCUT2D eigenvalue weighted by atomic mass is 79.9. The highest BCUT2D eigenvalue weighted by molar-refractivity contribution is 9.10. The van der Waals surface area contributed by atoms with E-state index in [0.717, 1.165) is 23.7 Å². The molecule has 1 nitrogen and oxygen atoms in total. The summed E-state index contributed by atoms with van der Waals surface area (Å²) >= 11 is 3.50. The standard InChI is InChI=1S/C16H15BrFN/c17-13-7-5-12-10-14(8-6-11(12)9-13)19-16-4-2-1-3-15(16)18/h1-5,7,9,14,19H,6,8,10H2. The molecule has 0 spiro atoms. The van der Waals surface area contributed by atoms with E-state index in [1.807, 2.05) is 6.07 Å². The summed E-state index contributed by atoms with van der Waals surface area (Å²) in [5, 5.41) is 3.32. The van der Waals surface area contributed by atoms with E-state index >= 15 is 0 Å². The maximum absolute atomic E-state index is 13.6. The zero-order valence-electron chi connectivity index (χ0n) is 10.5. The average molecular weight is 320 g/mol. The van der Waals surface area contributed by atoms with Crippen molar-refractivity contribution in [3.05, 3.63) is 63.9 Å². The Hall–Kier alpha value is -1.35. The van der Waals surface area contributed by atoms with Crippen LogP contribution in [0.1, 0.15) is 17.5 Å². The Labute approximate surface area is 121 Å². The number of rotatable bonds is 2. The van der Waals surface area contributed by atoms with Gasteiger partial charge in [0, 0.05) is 10.5 Å². The van der Waals surface area contributed by atoms with E-state index in [1.165, 1.54) is 17.2 Å². The fraction of sp³-hybridized carbons (Fsp3) is 0.250. The van der Waals surface area contributed by atoms with Gasteiger partial charge >= 0.3 is 0 Å². The summed E-state index contributed by atoms with van der Waals surface area (Å²) in [6, 6.07) is 13.6. The summed E-state index contributed by atoms with van der Waals surface area (Å²) in [5.74, 6) is -0.177. The van der Waals surface area contributed by atoms with E-state index in [4.69, 9.17) is 0 Å². The molecule has 0 aromatic heterocycles. The van der Waals surface area contributed by atoms with Crippen molar-refractivity contribution in [1.29, 1.82) is 0 Å². The molecule has 1 atom stereocenters. The number of fused-ring (bicyclic) bond motifs is 1. The normalized spacial score (nSPS) is 17.9. The average Bonchev–Trinajstić information content (AvgIpc) is 2.41. The molecule has 0 saturated heterocycles. The lowest BCUT2D eigenvalue weighted by atomic mass is 9.88. The molecule has 0 heterocycles. The molecule has 3 rings (SSSR count).